The van der Waals surface area contributed by atoms with Gasteiger partial charge in [-0.3, -0.25) is 4.79 Å². The van der Waals surface area contributed by atoms with Crippen LogP contribution in [0.1, 0.15) is 20.3 Å². The Morgan fingerprint density at radius 1 is 1.38 bits per heavy atom. The Balaban J connectivity index is 2.36. The number of carboxylic acids is 1. The Hall–Kier alpha value is -1.96. The molecule has 0 spiro atoms. The van der Waals surface area contributed by atoms with Crippen molar-refractivity contribution in [2.75, 3.05) is 12.4 Å². The predicted molar refractivity (Wildman–Crippen MR) is 74.2 cm³/mol. The maximum atomic E-state index is 11.5. The first kappa shape index (κ1) is 17.1. The standard InChI is InChI=1S/C13H16O7S/c1-7(14)4-10(12(15)16)6-21-13(17)18-5-11-8(2)19-9(3)20-11/h10H,3-6H2,1-2H3,(H,15,16)/t10-/m0/s1. The van der Waals surface area contributed by atoms with E-state index >= 15 is 0 Å². The Kier molecular flexibility index (Phi) is 6.29. The molecule has 0 radical (unpaired) electrons. The van der Waals surface area contributed by atoms with Gasteiger partial charge >= 0.3 is 11.3 Å². The molecular formula is C13H16O7S. The third-order valence-electron chi connectivity index (χ3n) is 2.50. The molecule has 0 fully saturated rings. The zero-order chi connectivity index (χ0) is 16.0. The van der Waals surface area contributed by atoms with Gasteiger partial charge in [0.2, 0.25) is 0 Å². The second-order valence-electron chi connectivity index (χ2n) is 4.35. The molecule has 0 bridgehead atoms. The van der Waals surface area contributed by atoms with Gasteiger partial charge in [-0.15, -0.1) is 0 Å². The number of allylic oxidation sites excluding steroid dienone is 1. The molecule has 1 atom stereocenters. The summed E-state index contributed by atoms with van der Waals surface area (Å²) in [6.45, 7) is 6.28. The third kappa shape index (κ3) is 5.90. The molecule has 0 aromatic rings. The summed E-state index contributed by atoms with van der Waals surface area (Å²) >= 11 is 0.705. The van der Waals surface area contributed by atoms with E-state index < -0.39 is 17.2 Å². The van der Waals surface area contributed by atoms with Gasteiger partial charge in [-0.05, 0) is 32.2 Å². The third-order valence-corrected chi connectivity index (χ3v) is 3.43. The quantitative estimate of drug-likeness (QED) is 0.714. The highest BCUT2D eigenvalue weighted by atomic mass is 32.2. The van der Waals surface area contributed by atoms with E-state index in [1.165, 1.54) is 6.92 Å². The fourth-order valence-electron chi connectivity index (χ4n) is 1.49. The lowest BCUT2D eigenvalue weighted by atomic mass is 10.1. The molecule has 1 rings (SSSR count). The van der Waals surface area contributed by atoms with Gasteiger partial charge in [0.1, 0.15) is 11.5 Å². The number of ketones is 1. The summed E-state index contributed by atoms with van der Waals surface area (Å²) in [5.74, 6) is -1.40. The summed E-state index contributed by atoms with van der Waals surface area (Å²) in [6, 6.07) is 0. The fraction of sp³-hybridized carbons (Fsp3) is 0.462. The maximum absolute atomic E-state index is 11.5. The Labute approximate surface area is 125 Å². The monoisotopic (exact) mass is 316 g/mol. The number of aliphatic carboxylic acids is 1. The summed E-state index contributed by atoms with van der Waals surface area (Å²) < 4.78 is 15.0. The SMILES string of the molecule is C=C1OC(C)=C(COC(=O)SC[C@H](CC(C)=O)C(=O)O)O1. The number of carboxylic acid groups (broad SMARTS) is 1. The van der Waals surface area contributed by atoms with Gasteiger partial charge in [0.25, 0.3) is 5.95 Å². The molecule has 0 saturated heterocycles. The number of Topliss-reactive ketones (excluding diaryl/α,β-unsaturated/α-hetero) is 1. The minimum absolute atomic E-state index is 0.0319. The van der Waals surface area contributed by atoms with Crippen molar-refractivity contribution in [2.24, 2.45) is 5.92 Å². The van der Waals surface area contributed by atoms with Crippen LogP contribution < -0.4 is 0 Å². The van der Waals surface area contributed by atoms with Crippen molar-refractivity contribution in [3.8, 4) is 0 Å². The molecular weight excluding hydrogens is 300 g/mol. The second kappa shape index (κ2) is 7.72. The van der Waals surface area contributed by atoms with Crippen LogP contribution in [0.25, 0.3) is 0 Å². The average molecular weight is 316 g/mol. The lowest BCUT2D eigenvalue weighted by molar-refractivity contribution is -0.142. The van der Waals surface area contributed by atoms with Crippen LogP contribution in [0, 0.1) is 5.92 Å². The number of hydrogen-bond donors (Lipinski definition) is 1. The minimum atomic E-state index is -1.12. The van der Waals surface area contributed by atoms with E-state index in [4.69, 9.17) is 19.3 Å². The first-order chi connectivity index (χ1) is 9.79. The zero-order valence-electron chi connectivity index (χ0n) is 11.7. The molecule has 21 heavy (non-hydrogen) atoms. The molecule has 1 N–H and O–H groups in total. The van der Waals surface area contributed by atoms with Crippen LogP contribution >= 0.6 is 11.8 Å². The topological polar surface area (TPSA) is 99.1 Å². The van der Waals surface area contributed by atoms with E-state index in [1.54, 1.807) is 6.92 Å². The van der Waals surface area contributed by atoms with Gasteiger partial charge in [0.05, 0.1) is 5.92 Å². The van der Waals surface area contributed by atoms with Gasteiger partial charge < -0.3 is 24.1 Å². The van der Waals surface area contributed by atoms with Gasteiger partial charge in [-0.25, -0.2) is 4.79 Å². The smallest absolute Gasteiger partial charge is 0.367 e. The highest BCUT2D eigenvalue weighted by Gasteiger charge is 2.23. The van der Waals surface area contributed by atoms with Gasteiger partial charge in [0, 0.05) is 12.2 Å². The lowest BCUT2D eigenvalue weighted by Gasteiger charge is -2.09. The van der Waals surface area contributed by atoms with Crippen molar-refractivity contribution < 1.29 is 33.7 Å². The Morgan fingerprint density at radius 3 is 2.52 bits per heavy atom. The lowest BCUT2D eigenvalue weighted by Crippen LogP contribution is -2.20. The van der Waals surface area contributed by atoms with Crippen molar-refractivity contribution in [1.29, 1.82) is 0 Å². The largest absolute Gasteiger partial charge is 0.481 e. The van der Waals surface area contributed by atoms with Gasteiger partial charge in [-0.2, -0.15) is 0 Å². The van der Waals surface area contributed by atoms with Gasteiger partial charge in [-0.1, -0.05) is 0 Å². The molecule has 7 nitrogen and oxygen atoms in total. The van der Waals surface area contributed by atoms with E-state index in [1.807, 2.05) is 0 Å². The Morgan fingerprint density at radius 2 is 2.05 bits per heavy atom. The summed E-state index contributed by atoms with van der Waals surface area (Å²) in [5, 5.41) is 8.28. The van der Waals surface area contributed by atoms with E-state index in [2.05, 4.69) is 6.58 Å². The molecule has 0 aromatic carbocycles. The van der Waals surface area contributed by atoms with E-state index in [0.29, 0.717) is 23.3 Å². The van der Waals surface area contributed by atoms with E-state index in [9.17, 15) is 14.4 Å². The zero-order valence-corrected chi connectivity index (χ0v) is 12.5. The van der Waals surface area contributed by atoms with E-state index in [-0.39, 0.29) is 30.5 Å². The number of thioether (sulfide) groups is 1. The summed E-state index contributed by atoms with van der Waals surface area (Å²) in [5.41, 5.74) is 0. The fourth-order valence-corrected chi connectivity index (χ4v) is 2.23. The number of hydrogen-bond acceptors (Lipinski definition) is 7. The molecule has 0 saturated carbocycles. The van der Waals surface area contributed by atoms with E-state index in [0.717, 1.165) is 0 Å². The van der Waals surface area contributed by atoms with Crippen LogP contribution in [-0.4, -0.2) is 34.5 Å². The predicted octanol–water partition coefficient (Wildman–Crippen LogP) is 2.29. The summed E-state index contributed by atoms with van der Waals surface area (Å²) in [6.07, 6.45) is -0.114. The minimum Gasteiger partial charge on any atom is -0.481 e. The van der Waals surface area contributed by atoms with Crippen molar-refractivity contribution in [1.82, 2.24) is 0 Å². The van der Waals surface area contributed by atoms with Gasteiger partial charge in [0.15, 0.2) is 12.4 Å². The van der Waals surface area contributed by atoms with Crippen LogP contribution in [0.3, 0.4) is 0 Å². The first-order valence-corrected chi connectivity index (χ1v) is 7.04. The van der Waals surface area contributed by atoms with Crippen LogP contribution in [0.15, 0.2) is 24.0 Å². The number of rotatable bonds is 7. The molecule has 116 valence electrons. The number of carbonyl (C=O) groups excluding carboxylic acids is 2. The molecule has 1 aliphatic rings. The maximum Gasteiger partial charge on any atom is 0.367 e. The van der Waals surface area contributed by atoms with Crippen molar-refractivity contribution >= 4 is 28.8 Å². The highest BCUT2D eigenvalue weighted by Crippen LogP contribution is 2.24. The molecule has 1 aliphatic heterocycles. The van der Waals surface area contributed by atoms with Crippen molar-refractivity contribution in [2.45, 2.75) is 20.3 Å². The first-order valence-electron chi connectivity index (χ1n) is 6.05. The van der Waals surface area contributed by atoms with Crippen LogP contribution in [0.2, 0.25) is 0 Å². The molecule has 0 unspecified atom stereocenters. The summed E-state index contributed by atoms with van der Waals surface area (Å²) in [7, 11) is 0. The Bertz CT molecular complexity index is 495. The molecule has 0 aliphatic carbocycles. The highest BCUT2D eigenvalue weighted by molar-refractivity contribution is 8.13. The van der Waals surface area contributed by atoms with Crippen LogP contribution in [-0.2, 0) is 23.8 Å². The number of ether oxygens (including phenoxy) is 3. The molecule has 0 amide bonds. The van der Waals surface area contributed by atoms with Crippen molar-refractivity contribution in [3.63, 3.8) is 0 Å². The number of carbonyl (C=O) groups is 3. The second-order valence-corrected chi connectivity index (χ2v) is 5.30. The normalized spacial score (nSPS) is 15.2. The summed E-state index contributed by atoms with van der Waals surface area (Å²) in [4.78, 5) is 33.4. The van der Waals surface area contributed by atoms with Crippen molar-refractivity contribution in [3.05, 3.63) is 24.0 Å². The molecule has 1 heterocycles. The van der Waals surface area contributed by atoms with Crippen LogP contribution in [0.5, 0.6) is 0 Å². The average Bonchev–Trinajstić information content (AvgIpc) is 2.69. The van der Waals surface area contributed by atoms with Crippen LogP contribution in [0.4, 0.5) is 4.79 Å². The molecule has 8 heteroatoms. The molecule has 0 aromatic heterocycles.